The normalized spacial score (nSPS) is 13.2. The van der Waals surface area contributed by atoms with E-state index in [1.54, 1.807) is 24.3 Å². The molecule has 0 N–H and O–H groups in total. The van der Waals surface area contributed by atoms with Crippen molar-refractivity contribution in [2.45, 2.75) is 49.8 Å². The molecule has 1 aliphatic rings. The second-order valence-corrected chi connectivity index (χ2v) is 15.5. The molecule has 5 nitrogen and oxygen atoms in total. The molecule has 0 heterocycles. The number of unbranched alkanes of at least 4 members (excludes halogenated alkanes) is 3. The Hall–Kier alpha value is -3.43. The van der Waals surface area contributed by atoms with Gasteiger partial charge in [0.05, 0.1) is 16.9 Å². The van der Waals surface area contributed by atoms with Gasteiger partial charge in [0, 0.05) is 8.95 Å². The molecule has 0 spiro atoms. The first-order chi connectivity index (χ1) is 23.2. The van der Waals surface area contributed by atoms with Gasteiger partial charge in [0.15, 0.2) is 0 Å². The molecule has 0 atom stereocenters. The van der Waals surface area contributed by atoms with Crippen molar-refractivity contribution in [1.82, 2.24) is 0 Å². The largest absolute Gasteiger partial charge is 0.494 e. The summed E-state index contributed by atoms with van der Waals surface area (Å²) in [6.07, 6.45) is 4.65. The molecule has 0 fully saturated rings. The zero-order chi connectivity index (χ0) is 33.7. The maximum Gasteiger partial charge on any atom is 0.297 e. The first-order valence-electron chi connectivity index (χ1n) is 16.3. The van der Waals surface area contributed by atoms with Gasteiger partial charge in [-0.25, -0.2) is 0 Å². The molecule has 5 aromatic rings. The molecule has 0 aromatic heterocycles. The highest BCUT2D eigenvalue weighted by Crippen LogP contribution is 2.57. The maximum absolute atomic E-state index is 12.6. The molecular weight excluding hydrogens is 752 g/mol. The molecule has 8 heteroatoms. The predicted octanol–water partition coefficient (Wildman–Crippen LogP) is 10.6. The van der Waals surface area contributed by atoms with E-state index in [0.717, 1.165) is 37.8 Å². The van der Waals surface area contributed by atoms with E-state index in [1.807, 2.05) is 19.1 Å². The van der Waals surface area contributed by atoms with Crippen LogP contribution in [0.15, 0.2) is 123 Å². The third-order valence-electron chi connectivity index (χ3n) is 8.80. The van der Waals surface area contributed by atoms with Crippen LogP contribution in [0.2, 0.25) is 0 Å². The molecule has 0 unspecified atom stereocenters. The van der Waals surface area contributed by atoms with Gasteiger partial charge in [0.25, 0.3) is 10.1 Å². The van der Waals surface area contributed by atoms with Crippen LogP contribution in [0, 0.1) is 6.92 Å². The standard InChI is InChI=1S/C40H38Br2O5S/c1-3-4-5-6-23-45-33-15-9-29(10-16-33)40(38-26-31(41)13-21-36(38)37-22-14-32(42)27-39(37)40)30-11-17-34(18-12-30)46-24-25-47-48(43,44)35-19-7-28(2)8-20-35/h7-22,26-27H,3-6,23-25H2,1-2H3. The lowest BCUT2D eigenvalue weighted by Gasteiger charge is -2.34. The monoisotopic (exact) mass is 788 g/mol. The Morgan fingerprint density at radius 1 is 0.604 bits per heavy atom. The molecule has 248 valence electrons. The maximum atomic E-state index is 12.6. The van der Waals surface area contributed by atoms with Crippen molar-refractivity contribution in [1.29, 1.82) is 0 Å². The van der Waals surface area contributed by atoms with Crippen molar-refractivity contribution in [2.24, 2.45) is 0 Å². The Morgan fingerprint density at radius 3 is 1.65 bits per heavy atom. The number of rotatable bonds is 14. The summed E-state index contributed by atoms with van der Waals surface area (Å²) in [6.45, 7) is 4.81. The molecule has 6 rings (SSSR count). The van der Waals surface area contributed by atoms with Crippen molar-refractivity contribution in [3.63, 3.8) is 0 Å². The topological polar surface area (TPSA) is 61.8 Å². The highest BCUT2D eigenvalue weighted by atomic mass is 79.9. The summed E-state index contributed by atoms with van der Waals surface area (Å²) >= 11 is 7.51. The second kappa shape index (κ2) is 15.0. The minimum absolute atomic E-state index is 0.0844. The van der Waals surface area contributed by atoms with Crippen LogP contribution in [-0.4, -0.2) is 28.2 Å². The van der Waals surface area contributed by atoms with Gasteiger partial charge in [-0.3, -0.25) is 4.18 Å². The lowest BCUT2D eigenvalue weighted by atomic mass is 9.67. The summed E-state index contributed by atoms with van der Waals surface area (Å²) in [5, 5.41) is 0. The van der Waals surface area contributed by atoms with Crippen LogP contribution in [-0.2, 0) is 19.7 Å². The molecule has 0 amide bonds. The zero-order valence-electron chi connectivity index (χ0n) is 27.0. The molecule has 0 saturated heterocycles. The number of ether oxygens (including phenoxy) is 2. The van der Waals surface area contributed by atoms with Gasteiger partial charge in [0.1, 0.15) is 24.7 Å². The van der Waals surface area contributed by atoms with Crippen LogP contribution in [0.4, 0.5) is 0 Å². The smallest absolute Gasteiger partial charge is 0.297 e. The molecular formula is C40H38Br2O5S. The fourth-order valence-corrected chi connectivity index (χ4v) is 8.07. The summed E-state index contributed by atoms with van der Waals surface area (Å²) in [6, 6.07) is 36.2. The van der Waals surface area contributed by atoms with E-state index in [2.05, 4.69) is 112 Å². The third-order valence-corrected chi connectivity index (χ3v) is 11.1. The van der Waals surface area contributed by atoms with Crippen LogP contribution in [0.1, 0.15) is 60.4 Å². The van der Waals surface area contributed by atoms with Crippen LogP contribution in [0.3, 0.4) is 0 Å². The lowest BCUT2D eigenvalue weighted by Crippen LogP contribution is -2.28. The van der Waals surface area contributed by atoms with E-state index in [4.69, 9.17) is 13.7 Å². The quantitative estimate of drug-likeness (QED) is 0.0812. The molecule has 0 saturated carbocycles. The minimum atomic E-state index is -3.86. The number of hydrogen-bond donors (Lipinski definition) is 0. The summed E-state index contributed by atoms with van der Waals surface area (Å²) < 4.78 is 44.5. The van der Waals surface area contributed by atoms with Gasteiger partial charge < -0.3 is 9.47 Å². The van der Waals surface area contributed by atoms with Crippen molar-refractivity contribution < 1.29 is 22.1 Å². The molecule has 0 radical (unpaired) electrons. The van der Waals surface area contributed by atoms with Crippen LogP contribution >= 0.6 is 31.9 Å². The van der Waals surface area contributed by atoms with Gasteiger partial charge in [-0.15, -0.1) is 0 Å². The van der Waals surface area contributed by atoms with Gasteiger partial charge in [-0.05, 0) is 107 Å². The lowest BCUT2D eigenvalue weighted by molar-refractivity contribution is 0.221. The Labute approximate surface area is 300 Å². The van der Waals surface area contributed by atoms with Crippen LogP contribution in [0.25, 0.3) is 11.1 Å². The predicted molar refractivity (Wildman–Crippen MR) is 199 cm³/mol. The fraction of sp³-hybridized carbons (Fsp3) is 0.250. The first-order valence-corrected chi connectivity index (χ1v) is 19.2. The first kappa shape index (κ1) is 34.4. The highest BCUT2D eigenvalue weighted by molar-refractivity contribution is 9.10. The van der Waals surface area contributed by atoms with Gasteiger partial charge in [-0.1, -0.05) is 112 Å². The average Bonchev–Trinajstić information content (AvgIpc) is 3.36. The number of benzene rings is 5. The van der Waals surface area contributed by atoms with Crippen molar-refractivity contribution in [3.05, 3.63) is 146 Å². The number of aryl methyl sites for hydroxylation is 1. The second-order valence-electron chi connectivity index (χ2n) is 12.0. The fourth-order valence-electron chi connectivity index (χ4n) is 6.45. The highest BCUT2D eigenvalue weighted by Gasteiger charge is 2.46. The van der Waals surface area contributed by atoms with Gasteiger partial charge in [0.2, 0.25) is 0 Å². The number of halogens is 2. The van der Waals surface area contributed by atoms with Crippen molar-refractivity contribution in [2.75, 3.05) is 19.8 Å². The Kier molecular flexibility index (Phi) is 10.8. The number of fused-ring (bicyclic) bond motifs is 3. The summed E-state index contributed by atoms with van der Waals surface area (Å²) in [5.41, 5.74) is 7.31. The van der Waals surface area contributed by atoms with E-state index < -0.39 is 15.5 Å². The SMILES string of the molecule is CCCCCCOc1ccc(C2(c3ccc(OCCOS(=O)(=O)c4ccc(C)cc4)cc3)c3cc(Br)ccc3-c3ccc(Br)cc32)cc1. The van der Waals surface area contributed by atoms with E-state index in [0.29, 0.717) is 12.4 Å². The van der Waals surface area contributed by atoms with E-state index in [-0.39, 0.29) is 18.1 Å². The Bertz CT molecular complexity index is 1920. The Morgan fingerprint density at radius 2 is 1.12 bits per heavy atom. The molecule has 48 heavy (non-hydrogen) atoms. The van der Waals surface area contributed by atoms with E-state index in [9.17, 15) is 8.42 Å². The molecule has 0 aliphatic heterocycles. The van der Waals surface area contributed by atoms with Crippen molar-refractivity contribution >= 4 is 42.0 Å². The summed E-state index contributed by atoms with van der Waals surface area (Å²) in [7, 11) is -3.86. The van der Waals surface area contributed by atoms with E-state index in [1.165, 1.54) is 41.5 Å². The van der Waals surface area contributed by atoms with Gasteiger partial charge in [-0.2, -0.15) is 8.42 Å². The molecule has 1 aliphatic carbocycles. The van der Waals surface area contributed by atoms with Gasteiger partial charge >= 0.3 is 0 Å². The molecule has 5 aromatic carbocycles. The molecule has 0 bridgehead atoms. The summed E-state index contributed by atoms with van der Waals surface area (Å²) in [5.74, 6) is 1.49. The number of hydrogen-bond acceptors (Lipinski definition) is 5. The summed E-state index contributed by atoms with van der Waals surface area (Å²) in [4.78, 5) is 0.129. The average molecular weight is 791 g/mol. The van der Waals surface area contributed by atoms with Crippen LogP contribution in [0.5, 0.6) is 11.5 Å². The van der Waals surface area contributed by atoms with Crippen LogP contribution < -0.4 is 9.47 Å². The van der Waals surface area contributed by atoms with E-state index >= 15 is 0 Å². The minimum Gasteiger partial charge on any atom is -0.494 e. The van der Waals surface area contributed by atoms with Crippen molar-refractivity contribution in [3.8, 4) is 22.6 Å². The zero-order valence-corrected chi connectivity index (χ0v) is 31.0. The Balaban J connectivity index is 1.29. The third kappa shape index (κ3) is 7.13.